The molecule has 3 rings (SSSR count). The van der Waals surface area contributed by atoms with E-state index in [4.69, 9.17) is 0 Å². The van der Waals surface area contributed by atoms with Gasteiger partial charge in [0.25, 0.3) is 11.8 Å². The number of hydrogen-bond donors (Lipinski definition) is 2. The molecule has 0 radical (unpaired) electrons. The average molecular weight is 385 g/mol. The van der Waals surface area contributed by atoms with E-state index in [0.29, 0.717) is 23.5 Å². The number of benzene rings is 1. The summed E-state index contributed by atoms with van der Waals surface area (Å²) in [4.78, 5) is 38.7. The van der Waals surface area contributed by atoms with Crippen molar-refractivity contribution in [1.29, 1.82) is 0 Å². The van der Waals surface area contributed by atoms with Crippen LogP contribution in [0, 0.1) is 0 Å². The van der Waals surface area contributed by atoms with Crippen molar-refractivity contribution in [3.63, 3.8) is 0 Å². The van der Waals surface area contributed by atoms with Crippen molar-refractivity contribution in [2.24, 2.45) is 0 Å². The second-order valence-corrected chi connectivity index (χ2v) is 7.46. The molecular weight excluding hydrogens is 362 g/mol. The van der Waals surface area contributed by atoms with Gasteiger partial charge in [0.2, 0.25) is 5.91 Å². The van der Waals surface area contributed by atoms with Crippen molar-refractivity contribution in [2.45, 2.75) is 31.8 Å². The van der Waals surface area contributed by atoms with Crippen LogP contribution >= 0.6 is 11.3 Å². The molecule has 1 aromatic carbocycles. The van der Waals surface area contributed by atoms with Crippen LogP contribution in [0.15, 0.2) is 41.8 Å². The number of carbonyl (C=O) groups is 3. The molecule has 1 aromatic heterocycles. The van der Waals surface area contributed by atoms with Crippen molar-refractivity contribution in [2.75, 3.05) is 13.6 Å². The van der Waals surface area contributed by atoms with E-state index in [1.54, 1.807) is 25.2 Å². The third-order valence-corrected chi connectivity index (χ3v) is 5.34. The van der Waals surface area contributed by atoms with Crippen molar-refractivity contribution < 1.29 is 14.4 Å². The molecule has 1 saturated carbocycles. The van der Waals surface area contributed by atoms with Crippen molar-refractivity contribution in [3.8, 4) is 0 Å². The van der Waals surface area contributed by atoms with Crippen LogP contribution in [-0.4, -0.2) is 42.3 Å². The fraction of sp³-hybridized carbons (Fsp3) is 0.350. The maximum atomic E-state index is 12.6. The highest BCUT2D eigenvalue weighted by molar-refractivity contribution is 7.12. The van der Waals surface area contributed by atoms with Gasteiger partial charge in [-0.25, -0.2) is 0 Å². The summed E-state index contributed by atoms with van der Waals surface area (Å²) in [7, 11) is 1.60. The number of hydrogen-bond acceptors (Lipinski definition) is 4. The van der Waals surface area contributed by atoms with Crippen molar-refractivity contribution in [1.82, 2.24) is 15.5 Å². The molecule has 6 nitrogen and oxygen atoms in total. The van der Waals surface area contributed by atoms with Gasteiger partial charge in [-0.2, -0.15) is 0 Å². The standard InChI is InChI=1S/C20H23N3O3S/c1-21-19(25)15-6-4-14(5-7-15)13-23(16-8-9-16)18(24)10-11-22-20(26)17-3-2-12-27-17/h2-7,12,16H,8-11,13H2,1H3,(H,21,25)(H,22,26). The highest BCUT2D eigenvalue weighted by Gasteiger charge is 2.32. The zero-order valence-corrected chi connectivity index (χ0v) is 16.1. The Kier molecular flexibility index (Phi) is 6.24. The van der Waals surface area contributed by atoms with Crippen molar-refractivity contribution in [3.05, 3.63) is 57.8 Å². The monoisotopic (exact) mass is 385 g/mol. The van der Waals surface area contributed by atoms with Gasteiger partial charge < -0.3 is 15.5 Å². The second-order valence-electron chi connectivity index (χ2n) is 6.51. The molecular formula is C20H23N3O3S. The summed E-state index contributed by atoms with van der Waals surface area (Å²) >= 11 is 1.38. The molecule has 142 valence electrons. The Bertz CT molecular complexity index is 798. The molecule has 0 atom stereocenters. The lowest BCUT2D eigenvalue weighted by Crippen LogP contribution is -2.35. The zero-order valence-electron chi connectivity index (χ0n) is 15.2. The quantitative estimate of drug-likeness (QED) is 0.732. The summed E-state index contributed by atoms with van der Waals surface area (Å²) in [5, 5.41) is 7.24. The molecule has 7 heteroatoms. The van der Waals surface area contributed by atoms with E-state index in [1.165, 1.54) is 11.3 Å². The summed E-state index contributed by atoms with van der Waals surface area (Å²) in [6, 6.07) is 11.2. The van der Waals surface area contributed by atoms with E-state index < -0.39 is 0 Å². The van der Waals surface area contributed by atoms with Gasteiger partial charge >= 0.3 is 0 Å². The summed E-state index contributed by atoms with van der Waals surface area (Å²) < 4.78 is 0. The van der Waals surface area contributed by atoms with E-state index in [1.807, 2.05) is 28.5 Å². The third kappa shape index (κ3) is 5.17. The number of nitrogens with one attached hydrogen (secondary N) is 2. The molecule has 0 bridgehead atoms. The Morgan fingerprint density at radius 1 is 1.11 bits per heavy atom. The lowest BCUT2D eigenvalue weighted by Gasteiger charge is -2.23. The van der Waals surface area contributed by atoms with Gasteiger partial charge in [-0.1, -0.05) is 18.2 Å². The Balaban J connectivity index is 1.53. The van der Waals surface area contributed by atoms with E-state index in [9.17, 15) is 14.4 Å². The SMILES string of the molecule is CNC(=O)c1ccc(CN(C(=O)CCNC(=O)c2cccs2)C2CC2)cc1. The zero-order chi connectivity index (χ0) is 19.2. The van der Waals surface area contributed by atoms with Crippen LogP contribution in [0.2, 0.25) is 0 Å². The first-order chi connectivity index (χ1) is 13.1. The number of amides is 3. The van der Waals surface area contributed by atoms with Crippen LogP contribution in [0.25, 0.3) is 0 Å². The molecule has 27 heavy (non-hydrogen) atoms. The lowest BCUT2D eigenvalue weighted by atomic mass is 10.1. The van der Waals surface area contributed by atoms with E-state index in [2.05, 4.69) is 10.6 Å². The normalized spacial score (nSPS) is 13.1. The first-order valence-corrected chi connectivity index (χ1v) is 9.88. The Morgan fingerprint density at radius 2 is 1.85 bits per heavy atom. The van der Waals surface area contributed by atoms with E-state index in [-0.39, 0.29) is 30.2 Å². The predicted octanol–water partition coefficient (Wildman–Crippen LogP) is 2.42. The first-order valence-electron chi connectivity index (χ1n) is 9.00. The van der Waals surface area contributed by atoms with Gasteiger partial charge in [0.05, 0.1) is 4.88 Å². The maximum Gasteiger partial charge on any atom is 0.261 e. The van der Waals surface area contributed by atoms with Gasteiger partial charge in [-0.15, -0.1) is 11.3 Å². The van der Waals surface area contributed by atoms with Crippen LogP contribution in [0.5, 0.6) is 0 Å². The minimum atomic E-state index is -0.138. The first kappa shape index (κ1) is 19.1. The van der Waals surface area contributed by atoms with Crippen LogP contribution in [-0.2, 0) is 11.3 Å². The van der Waals surface area contributed by atoms with Crippen LogP contribution in [0.1, 0.15) is 44.9 Å². The summed E-state index contributed by atoms with van der Waals surface area (Å²) in [6.45, 7) is 0.852. The minimum Gasteiger partial charge on any atom is -0.355 e. The predicted molar refractivity (Wildman–Crippen MR) is 105 cm³/mol. The molecule has 3 amide bonds. The Hall–Kier alpha value is -2.67. The van der Waals surface area contributed by atoms with Gasteiger partial charge in [0, 0.05) is 38.2 Å². The summed E-state index contributed by atoms with van der Waals surface area (Å²) in [5.74, 6) is -0.224. The third-order valence-electron chi connectivity index (χ3n) is 4.47. The van der Waals surface area contributed by atoms with Crippen molar-refractivity contribution >= 4 is 29.1 Å². The largest absolute Gasteiger partial charge is 0.355 e. The topological polar surface area (TPSA) is 78.5 Å². The molecule has 1 aliphatic rings. The van der Waals surface area contributed by atoms with Gasteiger partial charge in [0.15, 0.2) is 0 Å². The number of carbonyl (C=O) groups excluding carboxylic acids is 3. The molecule has 2 aromatic rings. The molecule has 1 aliphatic carbocycles. The highest BCUT2D eigenvalue weighted by atomic mass is 32.1. The van der Waals surface area contributed by atoms with Crippen LogP contribution in [0.4, 0.5) is 0 Å². The lowest BCUT2D eigenvalue weighted by molar-refractivity contribution is -0.132. The van der Waals surface area contributed by atoms with E-state index in [0.717, 1.165) is 18.4 Å². The van der Waals surface area contributed by atoms with E-state index >= 15 is 0 Å². The second kappa shape index (κ2) is 8.81. The smallest absolute Gasteiger partial charge is 0.261 e. The number of nitrogens with zero attached hydrogens (tertiary/aromatic N) is 1. The summed E-state index contributed by atoms with van der Waals surface area (Å²) in [5.41, 5.74) is 1.59. The molecule has 0 unspecified atom stereocenters. The average Bonchev–Trinajstić information content (AvgIpc) is 3.37. The fourth-order valence-corrected chi connectivity index (χ4v) is 3.47. The number of rotatable bonds is 8. The molecule has 0 aliphatic heterocycles. The Morgan fingerprint density at radius 3 is 2.44 bits per heavy atom. The van der Waals surface area contributed by atoms with Gasteiger partial charge in [0.1, 0.15) is 0 Å². The molecule has 0 spiro atoms. The molecule has 1 fully saturated rings. The maximum absolute atomic E-state index is 12.6. The van der Waals surface area contributed by atoms with Gasteiger partial charge in [-0.3, -0.25) is 14.4 Å². The minimum absolute atomic E-state index is 0.0411. The molecule has 2 N–H and O–H groups in total. The highest BCUT2D eigenvalue weighted by Crippen LogP contribution is 2.29. The van der Waals surface area contributed by atoms with Crippen LogP contribution < -0.4 is 10.6 Å². The summed E-state index contributed by atoms with van der Waals surface area (Å²) in [6.07, 6.45) is 2.32. The van der Waals surface area contributed by atoms with Crippen LogP contribution in [0.3, 0.4) is 0 Å². The molecule has 0 saturated heterocycles. The Labute approximate surface area is 162 Å². The fourth-order valence-electron chi connectivity index (χ4n) is 2.83. The molecule has 1 heterocycles. The number of thiophene rings is 1. The van der Waals surface area contributed by atoms with Gasteiger partial charge in [-0.05, 0) is 42.0 Å².